The van der Waals surface area contributed by atoms with Crippen LogP contribution >= 0.6 is 0 Å². The van der Waals surface area contributed by atoms with Crippen LogP contribution in [-0.2, 0) is 4.79 Å². The molecule has 0 aromatic carbocycles. The third-order valence-electron chi connectivity index (χ3n) is 3.71. The van der Waals surface area contributed by atoms with Crippen molar-refractivity contribution in [3.63, 3.8) is 0 Å². The second kappa shape index (κ2) is 7.16. The van der Waals surface area contributed by atoms with Crippen molar-refractivity contribution in [1.29, 1.82) is 0 Å². The van der Waals surface area contributed by atoms with Gasteiger partial charge in [0.2, 0.25) is 5.91 Å². The third kappa shape index (κ3) is 4.58. The maximum absolute atomic E-state index is 11.7. The van der Waals surface area contributed by atoms with Crippen molar-refractivity contribution in [2.75, 3.05) is 13.1 Å². The van der Waals surface area contributed by atoms with Gasteiger partial charge in [-0.1, -0.05) is 11.6 Å². The molecule has 1 aliphatic heterocycles. The summed E-state index contributed by atoms with van der Waals surface area (Å²) in [5, 5.41) is 8.39. The molecular formula is C14H23N3O2. The van der Waals surface area contributed by atoms with E-state index in [1.807, 2.05) is 0 Å². The van der Waals surface area contributed by atoms with Gasteiger partial charge in [-0.3, -0.25) is 4.79 Å². The van der Waals surface area contributed by atoms with Crippen LogP contribution in [0.15, 0.2) is 11.6 Å². The Morgan fingerprint density at radius 2 is 2.26 bits per heavy atom. The van der Waals surface area contributed by atoms with Gasteiger partial charge in [0.05, 0.1) is 0 Å². The molecular weight excluding hydrogens is 242 g/mol. The van der Waals surface area contributed by atoms with Gasteiger partial charge in [0.15, 0.2) is 0 Å². The first-order valence-electron chi connectivity index (χ1n) is 7.25. The van der Waals surface area contributed by atoms with Crippen molar-refractivity contribution in [2.45, 2.75) is 51.0 Å². The average molecular weight is 265 g/mol. The Bertz CT molecular complexity index is 366. The van der Waals surface area contributed by atoms with E-state index >= 15 is 0 Å². The van der Waals surface area contributed by atoms with Gasteiger partial charge in [0.25, 0.3) is 0 Å². The Balaban J connectivity index is 1.66. The van der Waals surface area contributed by atoms with E-state index in [1.54, 1.807) is 0 Å². The maximum atomic E-state index is 11.7. The summed E-state index contributed by atoms with van der Waals surface area (Å²) >= 11 is 0. The lowest BCUT2D eigenvalue weighted by Gasteiger charge is -2.15. The van der Waals surface area contributed by atoms with Crippen molar-refractivity contribution in [3.8, 4) is 0 Å². The van der Waals surface area contributed by atoms with E-state index in [4.69, 9.17) is 0 Å². The summed E-state index contributed by atoms with van der Waals surface area (Å²) in [6, 6.07) is -0.617. The lowest BCUT2D eigenvalue weighted by Crippen LogP contribution is -2.49. The summed E-state index contributed by atoms with van der Waals surface area (Å²) in [4.78, 5) is 23.4. The highest BCUT2D eigenvalue weighted by Crippen LogP contribution is 2.19. The van der Waals surface area contributed by atoms with Crippen molar-refractivity contribution in [1.82, 2.24) is 16.0 Å². The molecule has 1 heterocycles. The van der Waals surface area contributed by atoms with Gasteiger partial charge in [-0.25, -0.2) is 4.79 Å². The predicted molar refractivity (Wildman–Crippen MR) is 73.7 cm³/mol. The summed E-state index contributed by atoms with van der Waals surface area (Å²) in [5.41, 5.74) is 1.44. The van der Waals surface area contributed by atoms with Gasteiger partial charge in [-0.05, 0) is 44.9 Å². The zero-order valence-electron chi connectivity index (χ0n) is 11.3. The highest BCUT2D eigenvalue weighted by molar-refractivity contribution is 5.87. The number of carbonyl (C=O) groups is 2. The first-order valence-corrected chi connectivity index (χ1v) is 7.25. The molecule has 106 valence electrons. The molecule has 2 rings (SSSR count). The van der Waals surface area contributed by atoms with E-state index in [0.717, 1.165) is 32.1 Å². The molecule has 0 bridgehead atoms. The highest BCUT2D eigenvalue weighted by Gasteiger charge is 2.21. The fourth-order valence-electron chi connectivity index (χ4n) is 2.59. The number of urea groups is 1. The second-order valence-electron chi connectivity index (χ2n) is 5.24. The van der Waals surface area contributed by atoms with Gasteiger partial charge in [-0.15, -0.1) is 0 Å². The Morgan fingerprint density at radius 3 is 3.05 bits per heavy atom. The number of allylic oxidation sites excluding steroid dienone is 1. The molecule has 19 heavy (non-hydrogen) atoms. The fourth-order valence-corrected chi connectivity index (χ4v) is 2.59. The van der Waals surface area contributed by atoms with Crippen LogP contribution in [-0.4, -0.2) is 31.1 Å². The van der Waals surface area contributed by atoms with Crippen LogP contribution in [0.25, 0.3) is 0 Å². The van der Waals surface area contributed by atoms with Crippen molar-refractivity contribution >= 4 is 11.9 Å². The first kappa shape index (κ1) is 13.9. The van der Waals surface area contributed by atoms with Gasteiger partial charge < -0.3 is 16.0 Å². The minimum absolute atomic E-state index is 0.0637. The number of carbonyl (C=O) groups excluding carboxylic acids is 2. The molecule has 1 fully saturated rings. The minimum Gasteiger partial charge on any atom is -0.354 e. The Kier molecular flexibility index (Phi) is 5.24. The molecule has 1 unspecified atom stereocenters. The number of nitrogens with one attached hydrogen (secondary N) is 3. The topological polar surface area (TPSA) is 70.2 Å². The molecule has 0 aromatic rings. The quantitative estimate of drug-likeness (QED) is 0.673. The van der Waals surface area contributed by atoms with E-state index < -0.39 is 0 Å². The summed E-state index contributed by atoms with van der Waals surface area (Å²) in [6.45, 7) is 1.36. The zero-order chi connectivity index (χ0) is 13.5. The van der Waals surface area contributed by atoms with E-state index in [0.29, 0.717) is 13.1 Å². The number of amides is 3. The molecule has 0 aromatic heterocycles. The summed E-state index contributed by atoms with van der Waals surface area (Å²) in [6.07, 6.45) is 9.44. The van der Waals surface area contributed by atoms with Crippen LogP contribution in [0.5, 0.6) is 0 Å². The van der Waals surface area contributed by atoms with E-state index in [1.165, 1.54) is 18.4 Å². The van der Waals surface area contributed by atoms with E-state index in [9.17, 15) is 9.59 Å². The summed E-state index contributed by atoms with van der Waals surface area (Å²) in [5.74, 6) is -0.0637. The molecule has 1 aliphatic carbocycles. The second-order valence-corrected chi connectivity index (χ2v) is 5.24. The summed E-state index contributed by atoms with van der Waals surface area (Å²) in [7, 11) is 0. The molecule has 2 aliphatic rings. The Labute approximate surface area is 114 Å². The van der Waals surface area contributed by atoms with E-state index in [-0.39, 0.29) is 18.0 Å². The van der Waals surface area contributed by atoms with Gasteiger partial charge in [0.1, 0.15) is 6.04 Å². The van der Waals surface area contributed by atoms with Crippen LogP contribution in [0.4, 0.5) is 4.79 Å². The summed E-state index contributed by atoms with van der Waals surface area (Å²) < 4.78 is 0. The normalized spacial score (nSPS) is 23.3. The Hall–Kier alpha value is -1.52. The van der Waals surface area contributed by atoms with Gasteiger partial charge >= 0.3 is 6.03 Å². The molecule has 5 nitrogen and oxygen atoms in total. The lowest BCUT2D eigenvalue weighted by molar-refractivity contribution is -0.122. The molecule has 0 spiro atoms. The number of hydrogen-bond donors (Lipinski definition) is 3. The number of hydrogen-bond acceptors (Lipinski definition) is 2. The molecule has 1 atom stereocenters. The van der Waals surface area contributed by atoms with Gasteiger partial charge in [-0.2, -0.15) is 0 Å². The average Bonchev–Trinajstić information content (AvgIpc) is 2.82. The highest BCUT2D eigenvalue weighted by atomic mass is 16.2. The fraction of sp³-hybridized carbons (Fsp3) is 0.714. The number of rotatable bonds is 4. The van der Waals surface area contributed by atoms with E-state index in [2.05, 4.69) is 22.0 Å². The minimum atomic E-state index is -0.381. The van der Waals surface area contributed by atoms with Crippen LogP contribution in [0, 0.1) is 0 Å². The van der Waals surface area contributed by atoms with Crippen molar-refractivity contribution in [3.05, 3.63) is 11.6 Å². The molecule has 0 saturated carbocycles. The zero-order valence-corrected chi connectivity index (χ0v) is 11.3. The molecule has 1 saturated heterocycles. The molecule has 0 radical (unpaired) electrons. The largest absolute Gasteiger partial charge is 0.354 e. The molecule has 3 amide bonds. The molecule has 3 N–H and O–H groups in total. The lowest BCUT2D eigenvalue weighted by atomic mass is 10.1. The monoisotopic (exact) mass is 265 g/mol. The van der Waals surface area contributed by atoms with Crippen molar-refractivity contribution < 1.29 is 9.59 Å². The predicted octanol–water partition coefficient (Wildman–Crippen LogP) is 1.45. The smallest absolute Gasteiger partial charge is 0.315 e. The van der Waals surface area contributed by atoms with Crippen LogP contribution < -0.4 is 16.0 Å². The standard InChI is InChI=1S/C14H23N3O2/c18-13-12(7-3-4-9-15-13)17-14(19)16-10-8-11-5-1-2-6-11/h5,12H,1-4,6-10H2,(H,15,18)(H2,16,17,19). The third-order valence-corrected chi connectivity index (χ3v) is 3.71. The maximum Gasteiger partial charge on any atom is 0.315 e. The van der Waals surface area contributed by atoms with Crippen LogP contribution in [0.1, 0.15) is 44.9 Å². The first-order chi connectivity index (χ1) is 9.25. The Morgan fingerprint density at radius 1 is 1.37 bits per heavy atom. The van der Waals surface area contributed by atoms with Crippen molar-refractivity contribution in [2.24, 2.45) is 0 Å². The van der Waals surface area contributed by atoms with Gasteiger partial charge in [0, 0.05) is 13.1 Å². The van der Waals surface area contributed by atoms with Crippen LogP contribution in [0.3, 0.4) is 0 Å². The molecule has 5 heteroatoms. The SMILES string of the molecule is O=C(NCCC1=CCCC1)NC1CCCCNC1=O. The van der Waals surface area contributed by atoms with Crippen LogP contribution in [0.2, 0.25) is 0 Å².